The molecule has 1 aliphatic rings. The van der Waals surface area contributed by atoms with Gasteiger partial charge in [0, 0.05) is 16.1 Å². The van der Waals surface area contributed by atoms with Crippen LogP contribution in [0.3, 0.4) is 0 Å². The van der Waals surface area contributed by atoms with E-state index in [1.54, 1.807) is 6.07 Å². The summed E-state index contributed by atoms with van der Waals surface area (Å²) in [5.74, 6) is -1.02. The molecule has 1 atom stereocenters. The van der Waals surface area contributed by atoms with Gasteiger partial charge in [0.05, 0.1) is 0 Å². The summed E-state index contributed by atoms with van der Waals surface area (Å²) in [5, 5.41) is 19.1. The summed E-state index contributed by atoms with van der Waals surface area (Å²) in [6.45, 7) is 0. The molecule has 0 radical (unpaired) electrons. The molecule has 1 aliphatic carbocycles. The Morgan fingerprint density at radius 2 is 1.95 bits per heavy atom. The van der Waals surface area contributed by atoms with E-state index < -0.39 is 5.97 Å². The highest BCUT2D eigenvalue weighted by Crippen LogP contribution is 2.39. The highest BCUT2D eigenvalue weighted by molar-refractivity contribution is 9.10. The highest BCUT2D eigenvalue weighted by Gasteiger charge is 2.27. The molecule has 6 heteroatoms. The lowest BCUT2D eigenvalue weighted by Gasteiger charge is -2.21. The maximum absolute atomic E-state index is 11.0. The van der Waals surface area contributed by atoms with Gasteiger partial charge >= 0.3 is 5.97 Å². The molecule has 1 aromatic carbocycles. The third kappa shape index (κ3) is 3.41. The van der Waals surface area contributed by atoms with Crippen molar-refractivity contribution in [2.24, 2.45) is 11.7 Å². The average molecular weight is 351 g/mol. The van der Waals surface area contributed by atoms with Crippen molar-refractivity contribution in [3.63, 3.8) is 0 Å². The number of nitrogens with two attached hydrogens (primary N) is 1. The van der Waals surface area contributed by atoms with Gasteiger partial charge in [0.1, 0.15) is 11.3 Å². The van der Waals surface area contributed by atoms with Gasteiger partial charge in [0.2, 0.25) is 0 Å². The number of hydrogen-bond acceptors (Lipinski definition) is 3. The topological polar surface area (TPSA) is 83.6 Å². The van der Waals surface area contributed by atoms with E-state index in [0.717, 1.165) is 25.7 Å². The van der Waals surface area contributed by atoms with Crippen molar-refractivity contribution in [3.05, 3.63) is 27.7 Å². The lowest BCUT2D eigenvalue weighted by Crippen LogP contribution is -2.20. The molecule has 0 aromatic heterocycles. The van der Waals surface area contributed by atoms with E-state index >= 15 is 0 Å². The molecule has 1 saturated carbocycles. The van der Waals surface area contributed by atoms with Gasteiger partial charge in [0.15, 0.2) is 0 Å². The lowest BCUT2D eigenvalue weighted by molar-refractivity contribution is 0.0693. The zero-order valence-electron chi connectivity index (χ0n) is 10.3. The van der Waals surface area contributed by atoms with Gasteiger partial charge in [-0.05, 0) is 30.9 Å². The summed E-state index contributed by atoms with van der Waals surface area (Å²) in [5.41, 5.74) is 6.58. The molecular weight excluding hydrogens is 334 g/mol. The molecule has 0 saturated heterocycles. The number of aromatic carboxylic acids is 1. The first-order chi connectivity index (χ1) is 8.50. The molecule has 0 amide bonds. The smallest absolute Gasteiger partial charge is 0.339 e. The number of carboxylic acids is 1. The predicted molar refractivity (Wildman–Crippen MR) is 78.9 cm³/mol. The Balaban J connectivity index is 0.00000180. The Morgan fingerprint density at radius 1 is 1.37 bits per heavy atom. The Bertz CT molecular complexity index is 475. The van der Waals surface area contributed by atoms with Gasteiger partial charge in [-0.3, -0.25) is 0 Å². The molecule has 4 nitrogen and oxygen atoms in total. The number of phenols is 1. The first kappa shape index (κ1) is 16.3. The molecule has 0 unspecified atom stereocenters. The second-order valence-corrected chi connectivity index (χ2v) is 5.68. The first-order valence-corrected chi connectivity index (χ1v) is 6.81. The maximum Gasteiger partial charge on any atom is 0.339 e. The Hall–Kier alpha value is -0.780. The zero-order chi connectivity index (χ0) is 13.3. The van der Waals surface area contributed by atoms with Gasteiger partial charge in [0.25, 0.3) is 0 Å². The third-order valence-electron chi connectivity index (χ3n) is 3.60. The Labute approximate surface area is 126 Å². The molecule has 1 fully saturated rings. The molecule has 1 aromatic rings. The number of hydrogen-bond donors (Lipinski definition) is 3. The molecule has 2 rings (SSSR count). The minimum absolute atomic E-state index is 0. The van der Waals surface area contributed by atoms with Gasteiger partial charge in [-0.25, -0.2) is 4.79 Å². The molecule has 0 bridgehead atoms. The van der Waals surface area contributed by atoms with E-state index in [1.807, 2.05) is 0 Å². The van der Waals surface area contributed by atoms with E-state index in [2.05, 4.69) is 15.9 Å². The maximum atomic E-state index is 11.0. The predicted octanol–water partition coefficient (Wildman–Crippen LogP) is 3.46. The number of rotatable bonds is 3. The second kappa shape index (κ2) is 6.59. The van der Waals surface area contributed by atoms with Crippen LogP contribution in [-0.2, 0) is 0 Å². The van der Waals surface area contributed by atoms with Crippen LogP contribution in [0, 0.1) is 5.92 Å². The van der Waals surface area contributed by atoms with E-state index in [1.165, 1.54) is 6.07 Å². The molecule has 4 N–H and O–H groups in total. The van der Waals surface area contributed by atoms with Gasteiger partial charge in [-0.2, -0.15) is 0 Å². The molecule has 106 valence electrons. The van der Waals surface area contributed by atoms with Crippen molar-refractivity contribution in [2.75, 3.05) is 0 Å². The first-order valence-electron chi connectivity index (χ1n) is 6.02. The molecule has 0 spiro atoms. The SMILES string of the molecule is Cl.N[C@@H](c1cc(Br)cc(C(=O)O)c1O)C1CCCC1. The molecule has 19 heavy (non-hydrogen) atoms. The van der Waals surface area contributed by atoms with E-state index in [-0.39, 0.29) is 29.8 Å². The second-order valence-electron chi connectivity index (χ2n) is 4.77. The van der Waals surface area contributed by atoms with Crippen LogP contribution < -0.4 is 5.73 Å². The van der Waals surface area contributed by atoms with Gasteiger partial charge in [-0.15, -0.1) is 12.4 Å². The molecular formula is C13H17BrClNO3. The lowest BCUT2D eigenvalue weighted by atomic mass is 9.91. The minimum atomic E-state index is -1.14. The highest BCUT2D eigenvalue weighted by atomic mass is 79.9. The van der Waals surface area contributed by atoms with Gasteiger partial charge in [-0.1, -0.05) is 28.8 Å². The van der Waals surface area contributed by atoms with E-state index in [4.69, 9.17) is 10.8 Å². The Kier molecular flexibility index (Phi) is 5.64. The van der Waals surface area contributed by atoms with Crippen LogP contribution in [-0.4, -0.2) is 16.2 Å². The molecule has 0 heterocycles. The number of halogens is 2. The standard InChI is InChI=1S/C13H16BrNO3.ClH/c14-8-5-9(11(15)7-3-1-2-4-7)12(16)10(6-8)13(17)18;/h5-7,11,16H,1-4,15H2,(H,17,18);1H/t11-;/m1./s1. The van der Waals surface area contributed by atoms with Crippen LogP contribution in [0.15, 0.2) is 16.6 Å². The normalized spacial score (nSPS) is 16.9. The van der Waals surface area contributed by atoms with Crippen LogP contribution in [0.1, 0.15) is 47.6 Å². The number of carbonyl (C=O) groups is 1. The number of benzene rings is 1. The van der Waals surface area contributed by atoms with Crippen molar-refractivity contribution >= 4 is 34.3 Å². The third-order valence-corrected chi connectivity index (χ3v) is 4.06. The van der Waals surface area contributed by atoms with Crippen LogP contribution in [0.2, 0.25) is 0 Å². The van der Waals surface area contributed by atoms with Crippen molar-refractivity contribution in [1.29, 1.82) is 0 Å². The fraction of sp³-hybridized carbons (Fsp3) is 0.462. The van der Waals surface area contributed by atoms with Crippen molar-refractivity contribution < 1.29 is 15.0 Å². The monoisotopic (exact) mass is 349 g/mol. The Morgan fingerprint density at radius 3 is 2.47 bits per heavy atom. The quantitative estimate of drug-likeness (QED) is 0.779. The summed E-state index contributed by atoms with van der Waals surface area (Å²) in [6.07, 6.45) is 4.38. The van der Waals surface area contributed by atoms with Gasteiger partial charge < -0.3 is 15.9 Å². The number of aromatic hydroxyl groups is 1. The molecule has 0 aliphatic heterocycles. The van der Waals surface area contributed by atoms with Crippen molar-refractivity contribution in [3.8, 4) is 5.75 Å². The fourth-order valence-corrected chi connectivity index (χ4v) is 3.08. The van der Waals surface area contributed by atoms with Crippen LogP contribution in [0.4, 0.5) is 0 Å². The minimum Gasteiger partial charge on any atom is -0.507 e. The van der Waals surface area contributed by atoms with E-state index in [9.17, 15) is 9.90 Å². The van der Waals surface area contributed by atoms with Crippen molar-refractivity contribution in [1.82, 2.24) is 0 Å². The summed E-state index contributed by atoms with van der Waals surface area (Å²) in [6, 6.07) is 2.80. The van der Waals surface area contributed by atoms with Crippen molar-refractivity contribution in [2.45, 2.75) is 31.7 Å². The summed E-state index contributed by atoms with van der Waals surface area (Å²) >= 11 is 3.26. The van der Waals surface area contributed by atoms with Crippen LogP contribution >= 0.6 is 28.3 Å². The number of carboxylic acid groups (broad SMARTS) is 1. The zero-order valence-corrected chi connectivity index (χ0v) is 12.7. The average Bonchev–Trinajstić information content (AvgIpc) is 2.84. The summed E-state index contributed by atoms with van der Waals surface area (Å²) < 4.78 is 0.626. The van der Waals surface area contributed by atoms with Crippen LogP contribution in [0.25, 0.3) is 0 Å². The van der Waals surface area contributed by atoms with Crippen LogP contribution in [0.5, 0.6) is 5.75 Å². The summed E-state index contributed by atoms with van der Waals surface area (Å²) in [4.78, 5) is 11.0. The van der Waals surface area contributed by atoms with E-state index in [0.29, 0.717) is 16.0 Å². The largest absolute Gasteiger partial charge is 0.507 e. The fourth-order valence-electron chi connectivity index (χ4n) is 2.61. The summed E-state index contributed by atoms with van der Waals surface area (Å²) in [7, 11) is 0.